The zero-order valence-corrected chi connectivity index (χ0v) is 16.4. The molecule has 0 spiro atoms. The van der Waals surface area contributed by atoms with E-state index >= 15 is 0 Å². The van der Waals surface area contributed by atoms with Gasteiger partial charge in [-0.2, -0.15) is 39.5 Å². The van der Waals surface area contributed by atoms with E-state index in [1.807, 2.05) is 0 Å². The number of hydrogen-bond acceptors (Lipinski definition) is 0. The average molecular weight is 485 g/mol. The van der Waals surface area contributed by atoms with E-state index in [4.69, 9.17) is 0 Å². The average Bonchev–Trinajstić information content (AvgIpc) is 2.66. The van der Waals surface area contributed by atoms with Crippen LogP contribution in [0.1, 0.15) is 16.7 Å². The SMILES string of the molecule is Fc1cc([S+](c2ccccc2)c2cc(C(F)(F)F)cc(C(F)(F)F)c2)cc(C(F)(F)F)c1. The lowest BCUT2D eigenvalue weighted by atomic mass is 10.1. The summed E-state index contributed by atoms with van der Waals surface area (Å²) in [5, 5.41) is 0. The number of benzene rings is 3. The van der Waals surface area contributed by atoms with Crippen LogP contribution in [0.2, 0.25) is 0 Å². The first-order chi connectivity index (χ1) is 14.7. The number of alkyl halides is 9. The van der Waals surface area contributed by atoms with Crippen molar-refractivity contribution in [2.75, 3.05) is 0 Å². The van der Waals surface area contributed by atoms with Crippen LogP contribution in [0.15, 0.2) is 81.4 Å². The number of hydrogen-bond donors (Lipinski definition) is 0. The third kappa shape index (κ3) is 5.37. The first kappa shape index (κ1) is 24.0. The first-order valence-corrected chi connectivity index (χ1v) is 9.85. The van der Waals surface area contributed by atoms with Gasteiger partial charge in [0.2, 0.25) is 0 Å². The van der Waals surface area contributed by atoms with Gasteiger partial charge in [-0.1, -0.05) is 18.2 Å². The van der Waals surface area contributed by atoms with Crippen molar-refractivity contribution in [3.8, 4) is 0 Å². The van der Waals surface area contributed by atoms with Crippen molar-refractivity contribution >= 4 is 10.9 Å². The molecule has 0 heterocycles. The standard InChI is InChI=1S/C21H11F10S/c22-15-7-14(21(29,30)31)10-18(11-15)32(16-4-2-1-3-5-16)17-8-12(19(23,24)25)6-13(9-17)20(26,27)28/h1-11H/q+1. The van der Waals surface area contributed by atoms with Gasteiger partial charge in [-0.05, 0) is 24.3 Å². The predicted molar refractivity (Wildman–Crippen MR) is 96.5 cm³/mol. The van der Waals surface area contributed by atoms with Crippen molar-refractivity contribution in [1.82, 2.24) is 0 Å². The molecule has 0 N–H and O–H groups in total. The van der Waals surface area contributed by atoms with Crippen LogP contribution >= 0.6 is 0 Å². The fraction of sp³-hybridized carbons (Fsp3) is 0.143. The summed E-state index contributed by atoms with van der Waals surface area (Å²) in [4.78, 5) is -0.869. The maximum atomic E-state index is 14.0. The highest BCUT2D eigenvalue weighted by atomic mass is 32.2. The largest absolute Gasteiger partial charge is 0.416 e. The molecule has 0 saturated heterocycles. The molecule has 0 fully saturated rings. The zero-order valence-electron chi connectivity index (χ0n) is 15.5. The molecule has 11 heteroatoms. The third-order valence-corrected chi connectivity index (χ3v) is 6.37. The van der Waals surface area contributed by atoms with Gasteiger partial charge in [0.25, 0.3) is 0 Å². The Morgan fingerprint density at radius 3 is 1.31 bits per heavy atom. The number of halogens is 10. The highest BCUT2D eigenvalue weighted by Gasteiger charge is 2.41. The van der Waals surface area contributed by atoms with Crippen molar-refractivity contribution in [3.05, 3.63) is 89.2 Å². The van der Waals surface area contributed by atoms with Crippen LogP contribution in [0.4, 0.5) is 43.9 Å². The summed E-state index contributed by atoms with van der Waals surface area (Å²) in [6, 6.07) is 9.16. The molecule has 32 heavy (non-hydrogen) atoms. The zero-order chi connectivity index (χ0) is 23.9. The van der Waals surface area contributed by atoms with Gasteiger partial charge >= 0.3 is 18.5 Å². The molecule has 3 rings (SSSR count). The second-order valence-corrected chi connectivity index (χ2v) is 8.56. The maximum Gasteiger partial charge on any atom is 0.416 e. The molecule has 0 radical (unpaired) electrons. The Morgan fingerprint density at radius 1 is 0.469 bits per heavy atom. The lowest BCUT2D eigenvalue weighted by molar-refractivity contribution is -0.143. The molecule has 3 aromatic rings. The summed E-state index contributed by atoms with van der Waals surface area (Å²) in [6.45, 7) is 0. The molecule has 170 valence electrons. The molecule has 0 bridgehead atoms. The van der Waals surface area contributed by atoms with E-state index in [0.717, 1.165) is 0 Å². The minimum absolute atomic E-state index is 0.0806. The van der Waals surface area contributed by atoms with E-state index in [2.05, 4.69) is 0 Å². The van der Waals surface area contributed by atoms with Gasteiger partial charge in [-0.15, -0.1) is 0 Å². The van der Waals surface area contributed by atoms with Gasteiger partial charge in [-0.3, -0.25) is 0 Å². The lowest BCUT2D eigenvalue weighted by Gasteiger charge is -2.15. The molecule has 0 aromatic heterocycles. The van der Waals surface area contributed by atoms with Gasteiger partial charge in [0.1, 0.15) is 5.82 Å². The topological polar surface area (TPSA) is 0 Å². The summed E-state index contributed by atoms with van der Waals surface area (Å²) in [7, 11) is -1.90. The fourth-order valence-corrected chi connectivity index (χ4v) is 5.06. The molecular formula is C21H11F10S+. The molecule has 1 atom stereocenters. The Morgan fingerprint density at radius 2 is 0.875 bits per heavy atom. The van der Waals surface area contributed by atoms with E-state index in [9.17, 15) is 43.9 Å². The Kier molecular flexibility index (Phi) is 6.25. The Balaban J connectivity index is 2.34. The molecule has 0 amide bonds. The quantitative estimate of drug-likeness (QED) is 0.261. The number of rotatable bonds is 3. The molecule has 3 aromatic carbocycles. The normalized spacial score (nSPS) is 13.8. The summed E-state index contributed by atoms with van der Waals surface area (Å²) >= 11 is 0. The van der Waals surface area contributed by atoms with Crippen molar-refractivity contribution in [2.45, 2.75) is 33.2 Å². The van der Waals surface area contributed by atoms with Crippen LogP contribution < -0.4 is 0 Å². The van der Waals surface area contributed by atoms with E-state index in [1.54, 1.807) is 0 Å². The van der Waals surface area contributed by atoms with Crippen molar-refractivity contribution in [3.63, 3.8) is 0 Å². The monoisotopic (exact) mass is 485 g/mol. The van der Waals surface area contributed by atoms with Gasteiger partial charge in [-0.25, -0.2) is 4.39 Å². The first-order valence-electron chi connectivity index (χ1n) is 8.63. The summed E-state index contributed by atoms with van der Waals surface area (Å²) < 4.78 is 134. The van der Waals surface area contributed by atoms with Crippen LogP contribution in [0.3, 0.4) is 0 Å². The van der Waals surface area contributed by atoms with E-state index in [-0.39, 0.29) is 17.0 Å². The minimum atomic E-state index is -5.15. The van der Waals surface area contributed by atoms with E-state index in [1.165, 1.54) is 30.3 Å². The Hall–Kier alpha value is -2.69. The molecule has 0 aliphatic heterocycles. The highest BCUT2D eigenvalue weighted by molar-refractivity contribution is 7.97. The second kappa shape index (κ2) is 8.34. The Bertz CT molecular complexity index is 1070. The smallest absolute Gasteiger partial charge is 0.207 e. The summed E-state index contributed by atoms with van der Waals surface area (Å²) in [5.74, 6) is -1.33. The van der Waals surface area contributed by atoms with Crippen LogP contribution in [-0.4, -0.2) is 0 Å². The van der Waals surface area contributed by atoms with Gasteiger partial charge < -0.3 is 0 Å². The van der Waals surface area contributed by atoms with Crippen molar-refractivity contribution in [2.24, 2.45) is 0 Å². The minimum Gasteiger partial charge on any atom is -0.207 e. The second-order valence-electron chi connectivity index (χ2n) is 6.53. The van der Waals surface area contributed by atoms with Crippen molar-refractivity contribution < 1.29 is 43.9 Å². The maximum absolute atomic E-state index is 14.0. The van der Waals surface area contributed by atoms with Crippen molar-refractivity contribution in [1.29, 1.82) is 0 Å². The summed E-state index contributed by atoms with van der Waals surface area (Å²) in [6.07, 6.45) is -15.3. The fourth-order valence-electron chi connectivity index (χ4n) is 2.85. The molecule has 1 unspecified atom stereocenters. The van der Waals surface area contributed by atoms with Gasteiger partial charge in [0.15, 0.2) is 14.7 Å². The van der Waals surface area contributed by atoms with Crippen LogP contribution in [-0.2, 0) is 29.4 Å². The Labute approximate surface area is 177 Å². The molecular weight excluding hydrogens is 474 g/mol. The van der Waals surface area contributed by atoms with Crippen LogP contribution in [0.5, 0.6) is 0 Å². The van der Waals surface area contributed by atoms with E-state index < -0.39 is 61.7 Å². The molecule has 0 nitrogen and oxygen atoms in total. The molecule has 0 aliphatic rings. The third-order valence-electron chi connectivity index (χ3n) is 4.21. The molecule has 0 aliphatic carbocycles. The van der Waals surface area contributed by atoms with Gasteiger partial charge in [0.05, 0.1) is 27.6 Å². The van der Waals surface area contributed by atoms with Crippen LogP contribution in [0.25, 0.3) is 0 Å². The lowest BCUT2D eigenvalue weighted by Crippen LogP contribution is -2.15. The van der Waals surface area contributed by atoms with Gasteiger partial charge in [0, 0.05) is 24.3 Å². The highest BCUT2D eigenvalue weighted by Crippen LogP contribution is 2.41. The summed E-state index contributed by atoms with van der Waals surface area (Å²) in [5.41, 5.74) is -4.66. The van der Waals surface area contributed by atoms with Crippen LogP contribution in [0, 0.1) is 5.82 Å². The molecule has 0 saturated carbocycles. The predicted octanol–water partition coefficient (Wildman–Crippen LogP) is 7.98. The van der Waals surface area contributed by atoms with E-state index in [0.29, 0.717) is 24.3 Å².